The number of benzene rings is 2. The highest BCUT2D eigenvalue weighted by Gasteiger charge is 2.15. The standard InChI is InChI=1S/C22H24N2O/c1-14(2)13-23-22(25)19-12-21(17-10-9-15(3)11-16(17)4)24-20-8-6-5-7-18(19)20/h5-12,14H,13H2,1-4H3,(H,23,25). The van der Waals surface area contributed by atoms with Crippen LogP contribution in [0.4, 0.5) is 0 Å². The van der Waals surface area contributed by atoms with Crippen LogP contribution in [-0.4, -0.2) is 17.4 Å². The van der Waals surface area contributed by atoms with Gasteiger partial charge in [0.25, 0.3) is 5.91 Å². The van der Waals surface area contributed by atoms with Crippen LogP contribution < -0.4 is 5.32 Å². The summed E-state index contributed by atoms with van der Waals surface area (Å²) in [6, 6.07) is 16.0. The van der Waals surface area contributed by atoms with Crippen LogP contribution in [0.2, 0.25) is 0 Å². The van der Waals surface area contributed by atoms with Crippen molar-refractivity contribution in [2.75, 3.05) is 6.54 Å². The Labute approximate surface area is 149 Å². The van der Waals surface area contributed by atoms with Crippen LogP contribution in [-0.2, 0) is 0 Å². The molecule has 0 aliphatic carbocycles. The van der Waals surface area contributed by atoms with Crippen LogP contribution in [0.3, 0.4) is 0 Å². The van der Waals surface area contributed by atoms with Crippen molar-refractivity contribution in [1.29, 1.82) is 0 Å². The van der Waals surface area contributed by atoms with Crippen molar-refractivity contribution in [3.63, 3.8) is 0 Å². The molecule has 0 atom stereocenters. The molecule has 0 fully saturated rings. The summed E-state index contributed by atoms with van der Waals surface area (Å²) in [7, 11) is 0. The van der Waals surface area contributed by atoms with Crippen LogP contribution in [0.15, 0.2) is 48.5 Å². The maximum Gasteiger partial charge on any atom is 0.252 e. The number of nitrogens with zero attached hydrogens (tertiary/aromatic N) is 1. The lowest BCUT2D eigenvalue weighted by atomic mass is 9.99. The normalized spacial score (nSPS) is 11.1. The minimum Gasteiger partial charge on any atom is -0.352 e. The minimum atomic E-state index is -0.0432. The van der Waals surface area contributed by atoms with Gasteiger partial charge in [0.1, 0.15) is 0 Å². The van der Waals surface area contributed by atoms with Gasteiger partial charge in [0.15, 0.2) is 0 Å². The van der Waals surface area contributed by atoms with E-state index in [0.717, 1.165) is 27.7 Å². The third-order valence-corrected chi connectivity index (χ3v) is 4.29. The van der Waals surface area contributed by atoms with E-state index in [9.17, 15) is 4.79 Å². The summed E-state index contributed by atoms with van der Waals surface area (Å²) in [5.41, 5.74) is 5.81. The monoisotopic (exact) mass is 332 g/mol. The summed E-state index contributed by atoms with van der Waals surface area (Å²) < 4.78 is 0. The molecule has 1 aromatic heterocycles. The minimum absolute atomic E-state index is 0.0432. The highest BCUT2D eigenvalue weighted by molar-refractivity contribution is 6.07. The summed E-state index contributed by atoms with van der Waals surface area (Å²) in [4.78, 5) is 17.5. The van der Waals surface area contributed by atoms with Crippen LogP contribution in [0.5, 0.6) is 0 Å². The number of aryl methyl sites for hydroxylation is 2. The predicted molar refractivity (Wildman–Crippen MR) is 104 cm³/mol. The van der Waals surface area contributed by atoms with Crippen molar-refractivity contribution in [1.82, 2.24) is 10.3 Å². The summed E-state index contributed by atoms with van der Waals surface area (Å²) in [5, 5.41) is 3.91. The number of hydrogen-bond donors (Lipinski definition) is 1. The van der Waals surface area contributed by atoms with E-state index in [1.165, 1.54) is 5.56 Å². The molecule has 3 rings (SSSR count). The Hall–Kier alpha value is -2.68. The fourth-order valence-corrected chi connectivity index (χ4v) is 2.99. The van der Waals surface area contributed by atoms with Gasteiger partial charge in [0, 0.05) is 17.5 Å². The van der Waals surface area contributed by atoms with Gasteiger partial charge in [-0.25, -0.2) is 4.98 Å². The number of amides is 1. The number of pyridine rings is 1. The molecule has 3 aromatic rings. The molecule has 0 spiro atoms. The SMILES string of the molecule is Cc1ccc(-c2cc(C(=O)NCC(C)C)c3ccccc3n2)c(C)c1. The first-order valence-corrected chi connectivity index (χ1v) is 8.71. The number of carbonyl (C=O) groups excluding carboxylic acids is 1. The van der Waals surface area contributed by atoms with Crippen LogP contribution in [0, 0.1) is 19.8 Å². The third kappa shape index (κ3) is 3.71. The summed E-state index contributed by atoms with van der Waals surface area (Å²) in [6.45, 7) is 9.00. The Bertz CT molecular complexity index is 928. The van der Waals surface area contributed by atoms with Crippen molar-refractivity contribution >= 4 is 16.8 Å². The Kier molecular flexibility index (Phi) is 4.84. The van der Waals surface area contributed by atoms with Crippen LogP contribution >= 0.6 is 0 Å². The molecule has 25 heavy (non-hydrogen) atoms. The van der Waals surface area contributed by atoms with E-state index in [0.29, 0.717) is 18.0 Å². The Morgan fingerprint density at radius 1 is 1.08 bits per heavy atom. The van der Waals surface area contributed by atoms with E-state index in [1.54, 1.807) is 0 Å². The lowest BCUT2D eigenvalue weighted by Gasteiger charge is -2.13. The van der Waals surface area contributed by atoms with Gasteiger partial charge in [0.2, 0.25) is 0 Å². The maximum absolute atomic E-state index is 12.7. The zero-order valence-electron chi connectivity index (χ0n) is 15.3. The molecule has 2 aromatic carbocycles. The number of rotatable bonds is 4. The number of para-hydroxylation sites is 1. The predicted octanol–water partition coefficient (Wildman–Crippen LogP) is 4.90. The number of aromatic nitrogens is 1. The second kappa shape index (κ2) is 7.06. The first kappa shape index (κ1) is 17.2. The van der Waals surface area contributed by atoms with E-state index in [2.05, 4.69) is 51.2 Å². The second-order valence-electron chi connectivity index (χ2n) is 6.99. The molecular weight excluding hydrogens is 308 g/mol. The van der Waals surface area contributed by atoms with E-state index in [4.69, 9.17) is 4.98 Å². The second-order valence-corrected chi connectivity index (χ2v) is 6.99. The average molecular weight is 332 g/mol. The molecule has 0 bridgehead atoms. The van der Waals surface area contributed by atoms with E-state index >= 15 is 0 Å². The maximum atomic E-state index is 12.7. The number of fused-ring (bicyclic) bond motifs is 1. The van der Waals surface area contributed by atoms with Crippen molar-refractivity contribution in [2.24, 2.45) is 5.92 Å². The molecule has 0 aliphatic heterocycles. The summed E-state index contributed by atoms with van der Waals surface area (Å²) in [5.74, 6) is 0.370. The molecule has 0 radical (unpaired) electrons. The molecule has 1 amide bonds. The highest BCUT2D eigenvalue weighted by Crippen LogP contribution is 2.27. The number of carbonyl (C=O) groups is 1. The van der Waals surface area contributed by atoms with Crippen molar-refractivity contribution in [3.05, 3.63) is 65.2 Å². The fourth-order valence-electron chi connectivity index (χ4n) is 2.99. The van der Waals surface area contributed by atoms with Gasteiger partial charge in [-0.2, -0.15) is 0 Å². The van der Waals surface area contributed by atoms with Crippen molar-refractivity contribution < 1.29 is 4.79 Å². The topological polar surface area (TPSA) is 42.0 Å². The van der Waals surface area contributed by atoms with Gasteiger partial charge in [-0.3, -0.25) is 4.79 Å². The number of nitrogens with one attached hydrogen (secondary N) is 1. The molecule has 3 nitrogen and oxygen atoms in total. The van der Waals surface area contributed by atoms with Gasteiger partial charge in [0.05, 0.1) is 16.8 Å². The first-order valence-electron chi connectivity index (χ1n) is 8.71. The van der Waals surface area contributed by atoms with Gasteiger partial charge >= 0.3 is 0 Å². The molecule has 1 heterocycles. The van der Waals surface area contributed by atoms with Crippen molar-refractivity contribution in [3.8, 4) is 11.3 Å². The van der Waals surface area contributed by atoms with E-state index in [-0.39, 0.29) is 5.91 Å². The zero-order valence-corrected chi connectivity index (χ0v) is 15.3. The van der Waals surface area contributed by atoms with E-state index < -0.39 is 0 Å². The summed E-state index contributed by atoms with van der Waals surface area (Å²) >= 11 is 0. The van der Waals surface area contributed by atoms with Crippen molar-refractivity contribution in [2.45, 2.75) is 27.7 Å². The molecule has 1 N–H and O–H groups in total. The molecule has 3 heteroatoms. The van der Waals surface area contributed by atoms with Gasteiger partial charge in [-0.05, 0) is 37.5 Å². The Morgan fingerprint density at radius 2 is 1.84 bits per heavy atom. The lowest BCUT2D eigenvalue weighted by Crippen LogP contribution is -2.27. The largest absolute Gasteiger partial charge is 0.352 e. The quantitative estimate of drug-likeness (QED) is 0.738. The zero-order chi connectivity index (χ0) is 18.0. The Morgan fingerprint density at radius 3 is 2.56 bits per heavy atom. The average Bonchev–Trinajstić information content (AvgIpc) is 2.58. The van der Waals surface area contributed by atoms with Gasteiger partial charge in [-0.15, -0.1) is 0 Å². The molecule has 0 saturated heterocycles. The first-order chi connectivity index (χ1) is 12.0. The summed E-state index contributed by atoms with van der Waals surface area (Å²) in [6.07, 6.45) is 0. The van der Waals surface area contributed by atoms with E-state index in [1.807, 2.05) is 30.3 Å². The van der Waals surface area contributed by atoms with Gasteiger partial charge in [-0.1, -0.05) is 55.8 Å². The van der Waals surface area contributed by atoms with Crippen LogP contribution in [0.25, 0.3) is 22.2 Å². The molecule has 0 saturated carbocycles. The van der Waals surface area contributed by atoms with Crippen LogP contribution in [0.1, 0.15) is 35.3 Å². The fraction of sp³-hybridized carbons (Fsp3) is 0.273. The number of hydrogen-bond acceptors (Lipinski definition) is 2. The van der Waals surface area contributed by atoms with Gasteiger partial charge < -0.3 is 5.32 Å². The smallest absolute Gasteiger partial charge is 0.252 e. The molecular formula is C22H24N2O. The lowest BCUT2D eigenvalue weighted by molar-refractivity contribution is 0.0950. The molecule has 0 unspecified atom stereocenters. The molecule has 0 aliphatic rings. The highest BCUT2D eigenvalue weighted by atomic mass is 16.1. The third-order valence-electron chi connectivity index (χ3n) is 4.29. The Balaban J connectivity index is 2.13. The molecule has 128 valence electrons.